The molecule has 0 N–H and O–H groups in total. The normalized spacial score (nSPS) is 20.6. The van der Waals surface area contributed by atoms with Gasteiger partial charge in [0.05, 0.1) is 11.6 Å². The number of hydrogen-bond acceptors (Lipinski definition) is 4. The molecule has 7 aromatic carbocycles. The maximum atomic E-state index is 9.53. The number of nitriles is 1. The number of fused-ring (bicyclic) bond motifs is 1. The van der Waals surface area contributed by atoms with Gasteiger partial charge in [-0.15, -0.1) is 0 Å². The molecule has 12 rings (SSSR count). The summed E-state index contributed by atoms with van der Waals surface area (Å²) < 4.78 is 0. The maximum Gasteiger partial charge on any atom is 0.164 e. The third-order valence-corrected chi connectivity index (χ3v) is 13.3. The van der Waals surface area contributed by atoms with Gasteiger partial charge in [-0.2, -0.15) is 5.26 Å². The summed E-state index contributed by atoms with van der Waals surface area (Å²) in [4.78, 5) is 16.0. The highest BCUT2D eigenvalue weighted by Gasteiger charge is 2.51. The minimum atomic E-state index is 0.319. The van der Waals surface area contributed by atoms with Gasteiger partial charge in [-0.1, -0.05) is 121 Å². The van der Waals surface area contributed by atoms with Crippen molar-refractivity contribution in [1.82, 2.24) is 15.0 Å². The zero-order valence-corrected chi connectivity index (χ0v) is 32.4. The molecule has 8 aromatic rings. The molecule has 4 aliphatic rings. The van der Waals surface area contributed by atoms with E-state index in [1.54, 1.807) is 0 Å². The van der Waals surface area contributed by atoms with Crippen molar-refractivity contribution in [2.75, 3.05) is 0 Å². The van der Waals surface area contributed by atoms with Gasteiger partial charge < -0.3 is 0 Å². The van der Waals surface area contributed by atoms with Crippen molar-refractivity contribution < 1.29 is 0 Å². The van der Waals surface area contributed by atoms with E-state index < -0.39 is 0 Å². The van der Waals surface area contributed by atoms with Crippen molar-refractivity contribution in [2.24, 2.45) is 17.8 Å². The van der Waals surface area contributed by atoms with E-state index in [-0.39, 0.29) is 0 Å². The summed E-state index contributed by atoms with van der Waals surface area (Å²) in [5.41, 5.74) is 11.8. The predicted molar refractivity (Wildman–Crippen MR) is 235 cm³/mol. The van der Waals surface area contributed by atoms with Gasteiger partial charge in [0.25, 0.3) is 0 Å². The molecule has 0 spiro atoms. The first kappa shape index (κ1) is 34.5. The Balaban J connectivity index is 1.10. The second-order valence-corrected chi connectivity index (χ2v) is 17.0. The molecule has 4 heteroatoms. The van der Waals surface area contributed by atoms with Gasteiger partial charge in [0.2, 0.25) is 0 Å². The molecule has 278 valence electrons. The fourth-order valence-electron chi connectivity index (χ4n) is 10.9. The van der Waals surface area contributed by atoms with Crippen molar-refractivity contribution in [1.29, 1.82) is 5.26 Å². The highest BCUT2D eigenvalue weighted by molar-refractivity contribution is 5.99. The zero-order valence-electron chi connectivity index (χ0n) is 32.4. The van der Waals surface area contributed by atoms with Crippen molar-refractivity contribution >= 4 is 10.8 Å². The van der Waals surface area contributed by atoms with E-state index in [1.807, 2.05) is 30.3 Å². The molecule has 0 saturated heterocycles. The van der Waals surface area contributed by atoms with Crippen LogP contribution in [-0.2, 0) is 5.41 Å². The fourth-order valence-corrected chi connectivity index (χ4v) is 10.9. The highest BCUT2D eigenvalue weighted by atomic mass is 15.0. The number of rotatable bonds is 7. The minimum Gasteiger partial charge on any atom is -0.208 e. The Bertz CT molecular complexity index is 2820. The van der Waals surface area contributed by atoms with E-state index in [1.165, 1.54) is 44.1 Å². The fraction of sp³-hybridized carbons (Fsp3) is 0.185. The molecule has 58 heavy (non-hydrogen) atoms. The van der Waals surface area contributed by atoms with Crippen LogP contribution in [-0.4, -0.2) is 15.0 Å². The quantitative estimate of drug-likeness (QED) is 0.163. The molecule has 0 amide bonds. The molecular formula is C54H42N4. The Kier molecular flexibility index (Phi) is 8.36. The Morgan fingerprint density at radius 1 is 0.431 bits per heavy atom. The van der Waals surface area contributed by atoms with Crippen molar-refractivity contribution in [3.63, 3.8) is 0 Å². The molecule has 0 aliphatic heterocycles. The Hall–Kier alpha value is -6.70. The molecule has 4 bridgehead atoms. The average Bonchev–Trinajstić information content (AvgIpc) is 3.28. The summed E-state index contributed by atoms with van der Waals surface area (Å²) in [5.74, 6) is 4.60. The van der Waals surface area contributed by atoms with Gasteiger partial charge in [0, 0.05) is 16.7 Å². The first-order chi connectivity index (χ1) is 28.6. The number of benzene rings is 7. The molecule has 1 heterocycles. The lowest BCUT2D eigenvalue weighted by Gasteiger charge is -2.57. The lowest BCUT2D eigenvalue weighted by molar-refractivity contribution is -0.00518. The van der Waals surface area contributed by atoms with Crippen LogP contribution in [0.4, 0.5) is 0 Å². The van der Waals surface area contributed by atoms with Gasteiger partial charge in [0.15, 0.2) is 17.5 Å². The molecule has 1 aromatic heterocycles. The van der Waals surface area contributed by atoms with Crippen molar-refractivity contribution in [3.05, 3.63) is 175 Å². The standard InChI is InChI=1S/C54H42N4/c55-34-35-15-17-41(18-16-35)45-27-44(39-9-3-1-4-10-39)28-47(29-45)52-56-51(42-19-21-48(22-20-42)54-31-36-23-37(32-54)25-38(24-36)33-54)57-53(58-52)50-30-46(40-11-5-2-6-12-40)26-43-13-7-8-14-49(43)50/h1-22,26-30,36-38H,23-25,31-33H2/t36-,37+,38-,54?. The lowest BCUT2D eigenvalue weighted by Crippen LogP contribution is -2.48. The van der Waals surface area contributed by atoms with Gasteiger partial charge in [-0.3, -0.25) is 0 Å². The van der Waals surface area contributed by atoms with Crippen LogP contribution < -0.4 is 0 Å². The zero-order chi connectivity index (χ0) is 38.6. The van der Waals surface area contributed by atoms with Crippen LogP contribution in [0, 0.1) is 29.1 Å². The molecule has 0 radical (unpaired) electrons. The summed E-state index contributed by atoms with van der Waals surface area (Å²) in [6.45, 7) is 0. The van der Waals surface area contributed by atoms with Crippen LogP contribution in [0.15, 0.2) is 164 Å². The van der Waals surface area contributed by atoms with Crippen LogP contribution in [0.5, 0.6) is 0 Å². The first-order valence-electron chi connectivity index (χ1n) is 20.7. The average molecular weight is 747 g/mol. The molecule has 0 unspecified atom stereocenters. The molecule has 4 fully saturated rings. The van der Waals surface area contributed by atoms with E-state index >= 15 is 0 Å². The number of aromatic nitrogens is 3. The summed E-state index contributed by atoms with van der Waals surface area (Å²) in [7, 11) is 0. The van der Waals surface area contributed by atoms with Gasteiger partial charge >= 0.3 is 0 Å². The van der Waals surface area contributed by atoms with Crippen LogP contribution in [0.2, 0.25) is 0 Å². The smallest absolute Gasteiger partial charge is 0.164 e. The second kappa shape index (κ2) is 14.0. The maximum absolute atomic E-state index is 9.53. The molecule has 4 nitrogen and oxygen atoms in total. The summed E-state index contributed by atoms with van der Waals surface area (Å²) in [5, 5.41) is 11.8. The topological polar surface area (TPSA) is 62.5 Å². The Morgan fingerprint density at radius 2 is 0.914 bits per heavy atom. The van der Waals surface area contributed by atoms with Crippen LogP contribution in [0.1, 0.15) is 49.7 Å². The highest BCUT2D eigenvalue weighted by Crippen LogP contribution is 2.60. The van der Waals surface area contributed by atoms with E-state index in [2.05, 4.69) is 140 Å². The van der Waals surface area contributed by atoms with Gasteiger partial charge in [-0.25, -0.2) is 15.0 Å². The molecule has 4 aliphatic carbocycles. The third kappa shape index (κ3) is 6.28. The molecule has 0 atom stereocenters. The monoisotopic (exact) mass is 746 g/mol. The Morgan fingerprint density at radius 3 is 1.52 bits per heavy atom. The van der Waals surface area contributed by atoms with Gasteiger partial charge in [-0.05, 0) is 154 Å². The second-order valence-electron chi connectivity index (χ2n) is 17.0. The van der Waals surface area contributed by atoms with Crippen LogP contribution in [0.25, 0.3) is 78.3 Å². The van der Waals surface area contributed by atoms with E-state index in [0.717, 1.165) is 78.6 Å². The van der Waals surface area contributed by atoms with E-state index in [4.69, 9.17) is 15.0 Å². The number of hydrogen-bond donors (Lipinski definition) is 0. The number of nitrogens with zero attached hydrogens (tertiary/aromatic N) is 4. The molecular weight excluding hydrogens is 705 g/mol. The minimum absolute atomic E-state index is 0.319. The largest absolute Gasteiger partial charge is 0.208 e. The Labute approximate surface area is 340 Å². The summed E-state index contributed by atoms with van der Waals surface area (Å²) in [6.07, 6.45) is 8.32. The SMILES string of the molecule is N#Cc1ccc(-c2cc(-c3ccccc3)cc(-c3nc(-c4ccc(C56C[C@H]7C[C@@H](C5)C[C@@H](C6)C7)cc4)nc(-c4cc(-c5ccccc5)cc5ccccc45)n3)c2)cc1. The van der Waals surface area contributed by atoms with Crippen LogP contribution in [0.3, 0.4) is 0 Å². The molecule has 4 saturated carbocycles. The summed E-state index contributed by atoms with van der Waals surface area (Å²) in [6, 6.07) is 59.9. The van der Waals surface area contributed by atoms with Gasteiger partial charge in [0.1, 0.15) is 0 Å². The van der Waals surface area contributed by atoms with Crippen LogP contribution >= 0.6 is 0 Å². The van der Waals surface area contributed by atoms with Crippen molar-refractivity contribution in [2.45, 2.75) is 43.9 Å². The lowest BCUT2D eigenvalue weighted by atomic mass is 9.48. The predicted octanol–water partition coefficient (Wildman–Crippen LogP) is 13.4. The summed E-state index contributed by atoms with van der Waals surface area (Å²) >= 11 is 0. The van der Waals surface area contributed by atoms with E-state index in [0.29, 0.717) is 28.5 Å². The van der Waals surface area contributed by atoms with Crippen molar-refractivity contribution in [3.8, 4) is 73.6 Å². The van der Waals surface area contributed by atoms with E-state index in [9.17, 15) is 5.26 Å². The third-order valence-electron chi connectivity index (χ3n) is 13.3. The first-order valence-corrected chi connectivity index (χ1v) is 20.7.